The molecule has 0 amide bonds. The average molecular weight is 268 g/mol. The highest BCUT2D eigenvalue weighted by Crippen LogP contribution is 2.23. The number of nitrogens with one attached hydrogen (secondary N) is 1. The molecular weight excluding hydrogens is 246 g/mol. The Kier molecular flexibility index (Phi) is 4.88. The smallest absolute Gasteiger partial charge is 0.159 e. The fourth-order valence-corrected chi connectivity index (χ4v) is 2.74. The van der Waals surface area contributed by atoms with Crippen LogP contribution in [0.5, 0.6) is 0 Å². The van der Waals surface area contributed by atoms with E-state index >= 15 is 0 Å². The maximum absolute atomic E-state index is 13.3. The van der Waals surface area contributed by atoms with Crippen molar-refractivity contribution in [1.82, 2.24) is 10.2 Å². The number of nitrogens with zero attached hydrogens (tertiary/aromatic N) is 1. The van der Waals surface area contributed by atoms with Crippen LogP contribution in [0.4, 0.5) is 8.78 Å². The van der Waals surface area contributed by atoms with Crippen molar-refractivity contribution in [2.24, 2.45) is 0 Å². The molecule has 1 aromatic rings. The molecule has 0 aliphatic carbocycles. The standard InChI is InChI=1S/C15H22F2N2/c1-3-19(10-13-5-4-8-18-13)11(2)12-6-7-14(16)15(17)9-12/h6-7,9,11,13,18H,3-5,8,10H2,1-2H3. The zero-order chi connectivity index (χ0) is 13.8. The molecule has 0 spiro atoms. The zero-order valence-electron chi connectivity index (χ0n) is 11.6. The number of hydrogen-bond donors (Lipinski definition) is 1. The van der Waals surface area contributed by atoms with Crippen LogP contribution in [0.1, 0.15) is 38.3 Å². The van der Waals surface area contributed by atoms with Crippen LogP contribution in [0.2, 0.25) is 0 Å². The van der Waals surface area contributed by atoms with Gasteiger partial charge in [-0.15, -0.1) is 0 Å². The van der Waals surface area contributed by atoms with E-state index in [0.717, 1.165) is 25.2 Å². The van der Waals surface area contributed by atoms with E-state index in [0.29, 0.717) is 6.04 Å². The van der Waals surface area contributed by atoms with E-state index in [-0.39, 0.29) is 6.04 Å². The Morgan fingerprint density at radius 1 is 1.37 bits per heavy atom. The summed E-state index contributed by atoms with van der Waals surface area (Å²) in [6.07, 6.45) is 2.42. The van der Waals surface area contributed by atoms with Gasteiger partial charge in [0.1, 0.15) is 0 Å². The van der Waals surface area contributed by atoms with E-state index in [1.54, 1.807) is 6.07 Å². The summed E-state index contributed by atoms with van der Waals surface area (Å²) in [4.78, 5) is 2.30. The Balaban J connectivity index is 2.05. The molecule has 0 saturated carbocycles. The topological polar surface area (TPSA) is 15.3 Å². The van der Waals surface area contributed by atoms with E-state index in [9.17, 15) is 8.78 Å². The molecule has 106 valence electrons. The third kappa shape index (κ3) is 3.51. The molecule has 1 N–H and O–H groups in total. The number of benzene rings is 1. The minimum atomic E-state index is -0.781. The summed E-state index contributed by atoms with van der Waals surface area (Å²) in [5.41, 5.74) is 0.832. The van der Waals surface area contributed by atoms with Crippen molar-refractivity contribution in [3.63, 3.8) is 0 Å². The molecule has 1 saturated heterocycles. The molecule has 2 rings (SSSR count). The van der Waals surface area contributed by atoms with Crippen molar-refractivity contribution >= 4 is 0 Å². The van der Waals surface area contributed by atoms with Gasteiger partial charge >= 0.3 is 0 Å². The number of likely N-dealkylation sites (N-methyl/N-ethyl adjacent to an activating group) is 1. The van der Waals surface area contributed by atoms with Crippen LogP contribution < -0.4 is 5.32 Å². The van der Waals surface area contributed by atoms with Crippen molar-refractivity contribution in [2.75, 3.05) is 19.6 Å². The van der Waals surface area contributed by atoms with Gasteiger partial charge in [-0.1, -0.05) is 13.0 Å². The van der Waals surface area contributed by atoms with Crippen LogP contribution in [0, 0.1) is 11.6 Å². The van der Waals surface area contributed by atoms with Gasteiger partial charge < -0.3 is 5.32 Å². The molecule has 2 atom stereocenters. The van der Waals surface area contributed by atoms with Gasteiger partial charge in [0.25, 0.3) is 0 Å². The fraction of sp³-hybridized carbons (Fsp3) is 0.600. The van der Waals surface area contributed by atoms with Crippen molar-refractivity contribution in [1.29, 1.82) is 0 Å². The van der Waals surface area contributed by atoms with Crippen molar-refractivity contribution in [3.05, 3.63) is 35.4 Å². The molecule has 2 unspecified atom stereocenters. The number of hydrogen-bond acceptors (Lipinski definition) is 2. The molecule has 1 aliphatic rings. The largest absolute Gasteiger partial charge is 0.313 e. The third-order valence-electron chi connectivity index (χ3n) is 4.00. The van der Waals surface area contributed by atoms with Crippen LogP contribution in [-0.2, 0) is 0 Å². The Bertz CT molecular complexity index is 417. The van der Waals surface area contributed by atoms with Crippen LogP contribution >= 0.6 is 0 Å². The predicted octanol–water partition coefficient (Wildman–Crippen LogP) is 3.10. The predicted molar refractivity (Wildman–Crippen MR) is 73.0 cm³/mol. The molecule has 1 aliphatic heterocycles. The van der Waals surface area contributed by atoms with Gasteiger partial charge in [-0.3, -0.25) is 4.90 Å². The Hall–Kier alpha value is -1.00. The third-order valence-corrected chi connectivity index (χ3v) is 4.00. The quantitative estimate of drug-likeness (QED) is 0.882. The molecule has 1 heterocycles. The second kappa shape index (κ2) is 6.44. The van der Waals surface area contributed by atoms with E-state index < -0.39 is 11.6 Å². The number of rotatable bonds is 5. The number of halogens is 2. The minimum absolute atomic E-state index is 0.0995. The van der Waals surface area contributed by atoms with Crippen molar-refractivity contribution in [3.8, 4) is 0 Å². The summed E-state index contributed by atoms with van der Waals surface area (Å²) < 4.78 is 26.3. The summed E-state index contributed by atoms with van der Waals surface area (Å²) in [5, 5.41) is 3.47. The Morgan fingerprint density at radius 2 is 2.16 bits per heavy atom. The van der Waals surface area contributed by atoms with E-state index in [2.05, 4.69) is 17.1 Å². The summed E-state index contributed by atoms with van der Waals surface area (Å²) >= 11 is 0. The minimum Gasteiger partial charge on any atom is -0.313 e. The second-order valence-corrected chi connectivity index (χ2v) is 5.23. The first-order chi connectivity index (χ1) is 9.11. The molecule has 4 heteroatoms. The van der Waals surface area contributed by atoms with Gasteiger partial charge in [-0.25, -0.2) is 8.78 Å². The first-order valence-electron chi connectivity index (χ1n) is 7.04. The van der Waals surface area contributed by atoms with Gasteiger partial charge in [0, 0.05) is 18.6 Å². The molecule has 1 fully saturated rings. The lowest BCUT2D eigenvalue weighted by atomic mass is 10.1. The maximum Gasteiger partial charge on any atom is 0.159 e. The normalized spacial score (nSPS) is 21.0. The van der Waals surface area contributed by atoms with Crippen LogP contribution in [0.3, 0.4) is 0 Å². The lowest BCUT2D eigenvalue weighted by Gasteiger charge is -2.30. The highest BCUT2D eigenvalue weighted by Gasteiger charge is 2.21. The van der Waals surface area contributed by atoms with Gasteiger partial charge in [-0.05, 0) is 50.6 Å². The summed E-state index contributed by atoms with van der Waals surface area (Å²) in [7, 11) is 0. The second-order valence-electron chi connectivity index (χ2n) is 5.23. The summed E-state index contributed by atoms with van der Waals surface area (Å²) in [6, 6.07) is 4.82. The van der Waals surface area contributed by atoms with Gasteiger partial charge in [0.2, 0.25) is 0 Å². The Labute approximate surface area is 113 Å². The van der Waals surface area contributed by atoms with E-state index in [4.69, 9.17) is 0 Å². The molecule has 1 aromatic carbocycles. The SMILES string of the molecule is CCN(CC1CCCN1)C(C)c1ccc(F)c(F)c1. The first-order valence-corrected chi connectivity index (χ1v) is 7.04. The van der Waals surface area contributed by atoms with Crippen molar-refractivity contribution < 1.29 is 8.78 Å². The summed E-state index contributed by atoms with van der Waals surface area (Å²) in [5.74, 6) is -1.55. The van der Waals surface area contributed by atoms with Gasteiger partial charge in [-0.2, -0.15) is 0 Å². The molecule has 0 radical (unpaired) electrons. The monoisotopic (exact) mass is 268 g/mol. The van der Waals surface area contributed by atoms with E-state index in [1.165, 1.54) is 25.0 Å². The molecule has 0 bridgehead atoms. The lowest BCUT2D eigenvalue weighted by Crippen LogP contribution is -2.38. The average Bonchev–Trinajstić information content (AvgIpc) is 2.91. The fourth-order valence-electron chi connectivity index (χ4n) is 2.74. The molecule has 19 heavy (non-hydrogen) atoms. The molecule has 0 aromatic heterocycles. The maximum atomic E-state index is 13.3. The van der Waals surface area contributed by atoms with Crippen molar-refractivity contribution in [2.45, 2.75) is 38.8 Å². The van der Waals surface area contributed by atoms with Crippen LogP contribution in [0.25, 0.3) is 0 Å². The van der Waals surface area contributed by atoms with Gasteiger partial charge in [0.15, 0.2) is 11.6 Å². The molecule has 2 nitrogen and oxygen atoms in total. The molecular formula is C15H22F2N2. The Morgan fingerprint density at radius 3 is 2.74 bits per heavy atom. The lowest BCUT2D eigenvalue weighted by molar-refractivity contribution is 0.202. The van der Waals surface area contributed by atoms with Crippen LogP contribution in [0.15, 0.2) is 18.2 Å². The van der Waals surface area contributed by atoms with E-state index in [1.807, 2.05) is 6.92 Å². The zero-order valence-corrected chi connectivity index (χ0v) is 11.6. The highest BCUT2D eigenvalue weighted by atomic mass is 19.2. The summed E-state index contributed by atoms with van der Waals surface area (Å²) in [6.45, 7) is 7.09. The highest BCUT2D eigenvalue weighted by molar-refractivity contribution is 5.21. The van der Waals surface area contributed by atoms with Crippen LogP contribution in [-0.4, -0.2) is 30.6 Å². The first kappa shape index (κ1) is 14.4. The van der Waals surface area contributed by atoms with Gasteiger partial charge in [0.05, 0.1) is 0 Å².